The van der Waals surface area contributed by atoms with Crippen LogP contribution in [0.5, 0.6) is 5.88 Å². The molecule has 4 nitrogen and oxygen atoms in total. The molecule has 0 spiro atoms. The number of hydrogen-bond donors (Lipinski definition) is 0. The van der Waals surface area contributed by atoms with Crippen LogP contribution in [0, 0.1) is 0 Å². The van der Waals surface area contributed by atoms with Gasteiger partial charge in [0.2, 0.25) is 5.88 Å². The molecule has 106 valence electrons. The standard InChI is InChI=1S/C10H8F5NO3/c1-18-8-6(7(11)12)5(9(17)19-2)4(3-16-8)10(13,14)15/h3,7H,1-2H3. The number of carbonyl (C=O) groups is 1. The van der Waals surface area contributed by atoms with Gasteiger partial charge in [-0.3, -0.25) is 0 Å². The maximum atomic E-state index is 12.8. The van der Waals surface area contributed by atoms with Gasteiger partial charge in [-0.05, 0) is 0 Å². The van der Waals surface area contributed by atoms with E-state index in [4.69, 9.17) is 0 Å². The normalized spacial score (nSPS) is 11.6. The van der Waals surface area contributed by atoms with E-state index in [0.717, 1.165) is 14.2 Å². The summed E-state index contributed by atoms with van der Waals surface area (Å²) < 4.78 is 72.3. The molecule has 0 saturated heterocycles. The highest BCUT2D eigenvalue weighted by atomic mass is 19.4. The Labute approximate surface area is 104 Å². The summed E-state index contributed by atoms with van der Waals surface area (Å²) in [7, 11) is 1.73. The predicted octanol–water partition coefficient (Wildman–Crippen LogP) is 2.83. The Morgan fingerprint density at radius 3 is 2.26 bits per heavy atom. The van der Waals surface area contributed by atoms with Gasteiger partial charge in [0.1, 0.15) is 0 Å². The molecule has 9 heteroatoms. The monoisotopic (exact) mass is 285 g/mol. The first-order chi connectivity index (χ1) is 8.73. The molecule has 0 aliphatic rings. The van der Waals surface area contributed by atoms with Crippen LogP contribution < -0.4 is 4.74 Å². The summed E-state index contributed by atoms with van der Waals surface area (Å²) in [5, 5.41) is 0. The van der Waals surface area contributed by atoms with Gasteiger partial charge < -0.3 is 9.47 Å². The smallest absolute Gasteiger partial charge is 0.418 e. The Hall–Kier alpha value is -1.93. The first-order valence-corrected chi connectivity index (χ1v) is 4.74. The number of rotatable bonds is 3. The first kappa shape index (κ1) is 15.1. The van der Waals surface area contributed by atoms with Crippen LogP contribution in [-0.2, 0) is 10.9 Å². The minimum Gasteiger partial charge on any atom is -0.481 e. The van der Waals surface area contributed by atoms with Crippen LogP contribution >= 0.6 is 0 Å². The topological polar surface area (TPSA) is 48.4 Å². The second-order valence-corrected chi connectivity index (χ2v) is 3.26. The summed E-state index contributed by atoms with van der Waals surface area (Å²) in [6, 6.07) is 0. The quantitative estimate of drug-likeness (QED) is 0.633. The van der Waals surface area contributed by atoms with E-state index in [1.807, 2.05) is 0 Å². The number of carbonyl (C=O) groups excluding carboxylic acids is 1. The van der Waals surface area contributed by atoms with Crippen molar-refractivity contribution in [1.29, 1.82) is 0 Å². The molecule has 1 heterocycles. The molecule has 0 bridgehead atoms. The molecule has 0 amide bonds. The van der Waals surface area contributed by atoms with Crippen molar-refractivity contribution in [1.82, 2.24) is 4.98 Å². The maximum Gasteiger partial charge on any atom is 0.418 e. The van der Waals surface area contributed by atoms with Crippen LogP contribution in [0.25, 0.3) is 0 Å². The van der Waals surface area contributed by atoms with Crippen molar-refractivity contribution in [3.05, 3.63) is 22.9 Å². The first-order valence-electron chi connectivity index (χ1n) is 4.74. The molecule has 1 aromatic heterocycles. The molecule has 0 aliphatic carbocycles. The Morgan fingerprint density at radius 2 is 1.89 bits per heavy atom. The minimum atomic E-state index is -5.02. The number of nitrogens with zero attached hydrogens (tertiary/aromatic N) is 1. The number of hydrogen-bond acceptors (Lipinski definition) is 4. The third kappa shape index (κ3) is 2.91. The zero-order valence-electron chi connectivity index (χ0n) is 9.72. The lowest BCUT2D eigenvalue weighted by Gasteiger charge is -2.16. The van der Waals surface area contributed by atoms with Crippen LogP contribution in [0.15, 0.2) is 6.20 Å². The van der Waals surface area contributed by atoms with E-state index in [1.54, 1.807) is 0 Å². The Kier molecular flexibility index (Phi) is 4.28. The second kappa shape index (κ2) is 5.37. The molecule has 0 N–H and O–H groups in total. The minimum absolute atomic E-state index is 0.247. The lowest BCUT2D eigenvalue weighted by Crippen LogP contribution is -2.18. The van der Waals surface area contributed by atoms with Crippen molar-refractivity contribution in [3.63, 3.8) is 0 Å². The van der Waals surface area contributed by atoms with Gasteiger partial charge in [-0.15, -0.1) is 0 Å². The van der Waals surface area contributed by atoms with E-state index in [1.165, 1.54) is 0 Å². The number of ether oxygens (including phenoxy) is 2. The number of methoxy groups -OCH3 is 2. The van der Waals surface area contributed by atoms with Gasteiger partial charge >= 0.3 is 12.1 Å². The summed E-state index contributed by atoms with van der Waals surface area (Å²) in [6.07, 6.45) is -8.15. The average molecular weight is 285 g/mol. The van der Waals surface area contributed by atoms with E-state index >= 15 is 0 Å². The van der Waals surface area contributed by atoms with Gasteiger partial charge in [-0.2, -0.15) is 13.2 Å². The van der Waals surface area contributed by atoms with Crippen molar-refractivity contribution in [2.24, 2.45) is 0 Å². The van der Waals surface area contributed by atoms with Crippen LogP contribution in [0.4, 0.5) is 22.0 Å². The fraction of sp³-hybridized carbons (Fsp3) is 0.400. The number of aromatic nitrogens is 1. The summed E-state index contributed by atoms with van der Waals surface area (Å²) >= 11 is 0. The number of halogens is 5. The SMILES string of the molecule is COC(=O)c1c(C(F)(F)F)cnc(OC)c1C(F)F. The van der Waals surface area contributed by atoms with Crippen molar-refractivity contribution in [3.8, 4) is 5.88 Å². The lowest BCUT2D eigenvalue weighted by atomic mass is 10.0. The molecule has 1 rings (SSSR count). The van der Waals surface area contributed by atoms with E-state index in [0.29, 0.717) is 0 Å². The third-order valence-electron chi connectivity index (χ3n) is 2.19. The highest BCUT2D eigenvalue weighted by molar-refractivity contribution is 5.93. The molecule has 1 aromatic rings. The molecule has 0 aromatic carbocycles. The Balaban J connectivity index is 3.69. The van der Waals surface area contributed by atoms with E-state index < -0.39 is 41.1 Å². The van der Waals surface area contributed by atoms with E-state index in [2.05, 4.69) is 14.5 Å². The van der Waals surface area contributed by atoms with Crippen molar-refractivity contribution < 1.29 is 36.2 Å². The maximum absolute atomic E-state index is 12.8. The van der Waals surface area contributed by atoms with Crippen LogP contribution in [-0.4, -0.2) is 25.2 Å². The zero-order chi connectivity index (χ0) is 14.8. The summed E-state index contributed by atoms with van der Waals surface area (Å²) in [5.74, 6) is -2.30. The molecular weight excluding hydrogens is 277 g/mol. The van der Waals surface area contributed by atoms with Gasteiger partial charge in [0.05, 0.1) is 30.9 Å². The molecule has 0 atom stereocenters. The van der Waals surface area contributed by atoms with Crippen LogP contribution in [0.2, 0.25) is 0 Å². The van der Waals surface area contributed by atoms with Gasteiger partial charge in [-0.25, -0.2) is 18.6 Å². The highest BCUT2D eigenvalue weighted by Crippen LogP contribution is 2.39. The Morgan fingerprint density at radius 1 is 1.32 bits per heavy atom. The van der Waals surface area contributed by atoms with E-state index in [9.17, 15) is 26.7 Å². The fourth-order valence-electron chi connectivity index (χ4n) is 1.41. The summed E-state index contributed by atoms with van der Waals surface area (Å²) in [4.78, 5) is 14.5. The largest absolute Gasteiger partial charge is 0.481 e. The van der Waals surface area contributed by atoms with Gasteiger partial charge in [-0.1, -0.05) is 0 Å². The molecule has 0 radical (unpaired) electrons. The number of pyridine rings is 1. The molecular formula is C10H8F5NO3. The van der Waals surface area contributed by atoms with Crippen LogP contribution in [0.3, 0.4) is 0 Å². The molecule has 0 saturated carbocycles. The van der Waals surface area contributed by atoms with Crippen molar-refractivity contribution >= 4 is 5.97 Å². The summed E-state index contributed by atoms with van der Waals surface area (Å²) in [6.45, 7) is 0. The fourth-order valence-corrected chi connectivity index (χ4v) is 1.41. The predicted molar refractivity (Wildman–Crippen MR) is 52.1 cm³/mol. The third-order valence-corrected chi connectivity index (χ3v) is 2.19. The summed E-state index contributed by atoms with van der Waals surface area (Å²) in [5.41, 5.74) is -4.14. The number of esters is 1. The molecule has 19 heavy (non-hydrogen) atoms. The lowest BCUT2D eigenvalue weighted by molar-refractivity contribution is -0.138. The zero-order valence-corrected chi connectivity index (χ0v) is 9.72. The highest BCUT2D eigenvalue weighted by Gasteiger charge is 2.40. The Bertz CT molecular complexity index is 487. The van der Waals surface area contributed by atoms with Gasteiger partial charge in [0.25, 0.3) is 6.43 Å². The molecule has 0 unspecified atom stereocenters. The van der Waals surface area contributed by atoms with Gasteiger partial charge in [0, 0.05) is 6.20 Å². The van der Waals surface area contributed by atoms with Crippen molar-refractivity contribution in [2.45, 2.75) is 12.6 Å². The second-order valence-electron chi connectivity index (χ2n) is 3.26. The average Bonchev–Trinajstić information content (AvgIpc) is 2.34. The van der Waals surface area contributed by atoms with E-state index in [-0.39, 0.29) is 6.20 Å². The van der Waals surface area contributed by atoms with Crippen LogP contribution in [0.1, 0.15) is 27.9 Å². The van der Waals surface area contributed by atoms with Gasteiger partial charge in [0.15, 0.2) is 0 Å². The number of alkyl halides is 5. The molecule has 0 aliphatic heterocycles. The van der Waals surface area contributed by atoms with Crippen molar-refractivity contribution in [2.75, 3.05) is 14.2 Å². The molecule has 0 fully saturated rings.